The van der Waals surface area contributed by atoms with Crippen molar-refractivity contribution in [1.29, 1.82) is 0 Å². The van der Waals surface area contributed by atoms with Crippen molar-refractivity contribution in [2.75, 3.05) is 0 Å². The molecule has 0 aliphatic heterocycles. The Kier molecular flexibility index (Phi) is 2.18. The van der Waals surface area contributed by atoms with E-state index < -0.39 is 18.4 Å². The molecule has 0 saturated carbocycles. The van der Waals surface area contributed by atoms with E-state index in [-0.39, 0.29) is 0 Å². The molecular weight excluding hydrogens is 249 g/mol. The fraction of sp³-hybridized carbons (Fsp3) is 0.571. The van der Waals surface area contributed by atoms with Gasteiger partial charge in [-0.15, -0.1) is 0 Å². The summed E-state index contributed by atoms with van der Waals surface area (Å²) in [5.41, 5.74) is 0. The summed E-state index contributed by atoms with van der Waals surface area (Å²) in [6.07, 6.45) is 1.55. The average Bonchev–Trinajstić information content (AvgIpc) is 2.11. The predicted octanol–water partition coefficient (Wildman–Crippen LogP) is 0.339. The molecule has 4 heteroatoms. The summed E-state index contributed by atoms with van der Waals surface area (Å²) >= 11 is -2.09. The molecular formula is C7H13NO2Sn. The van der Waals surface area contributed by atoms with Crippen LogP contribution in [-0.2, 0) is 0 Å². The van der Waals surface area contributed by atoms with Crippen molar-refractivity contribution < 1.29 is 9.46 Å². The first-order valence-electron chi connectivity index (χ1n) is 3.59. The minimum absolute atomic E-state index is 0.492. The third kappa shape index (κ3) is 1.89. The summed E-state index contributed by atoms with van der Waals surface area (Å²) in [7, 11) is 0. The summed E-state index contributed by atoms with van der Waals surface area (Å²) in [6, 6.07) is 0. The van der Waals surface area contributed by atoms with Crippen LogP contribution in [0.15, 0.2) is 10.5 Å². The van der Waals surface area contributed by atoms with Gasteiger partial charge in [-0.25, -0.2) is 0 Å². The molecule has 0 N–H and O–H groups in total. The fourth-order valence-electron chi connectivity index (χ4n) is 0.772. The Labute approximate surface area is 70.6 Å². The Bertz CT molecular complexity index is 242. The van der Waals surface area contributed by atoms with E-state index in [1.807, 2.05) is 0 Å². The normalized spacial score (nSPS) is 12.0. The van der Waals surface area contributed by atoms with Crippen LogP contribution in [0.25, 0.3) is 0 Å². The van der Waals surface area contributed by atoms with Gasteiger partial charge >= 0.3 is 70.4 Å². The second kappa shape index (κ2) is 2.69. The summed E-state index contributed by atoms with van der Waals surface area (Å²) in [5, 5.41) is 10.9. The van der Waals surface area contributed by atoms with Crippen molar-refractivity contribution in [2.45, 2.75) is 21.7 Å². The quantitative estimate of drug-likeness (QED) is 0.416. The van der Waals surface area contributed by atoms with Crippen molar-refractivity contribution in [1.82, 2.24) is 4.98 Å². The summed E-state index contributed by atoms with van der Waals surface area (Å²) in [5.74, 6) is 0.492. The molecule has 0 fully saturated rings. The molecule has 0 aromatic carbocycles. The van der Waals surface area contributed by atoms with Gasteiger partial charge in [-0.05, 0) is 0 Å². The van der Waals surface area contributed by atoms with Gasteiger partial charge in [0, 0.05) is 0 Å². The summed E-state index contributed by atoms with van der Waals surface area (Å²) in [6.45, 7) is 1.71. The number of oxazole rings is 1. The first-order chi connectivity index (χ1) is 4.91. The summed E-state index contributed by atoms with van der Waals surface area (Å²) < 4.78 is 2.64. The third-order valence-electron chi connectivity index (χ3n) is 1.56. The molecule has 0 saturated heterocycles. The molecule has 0 aliphatic rings. The van der Waals surface area contributed by atoms with Crippen LogP contribution < -0.4 is 8.97 Å². The first kappa shape index (κ1) is 8.90. The van der Waals surface area contributed by atoms with E-state index >= 15 is 0 Å². The Morgan fingerprint density at radius 1 is 1.45 bits per heavy atom. The molecule has 0 aliphatic carbocycles. The van der Waals surface area contributed by atoms with Gasteiger partial charge in [0.1, 0.15) is 0 Å². The standard InChI is InChI=1S/C4H4NO2.3CH3.Sn/c1-4-5-2-3-7(4)6;;;;/h3H,1H3;3*1H3;. The Hall–Kier alpha value is -0.191. The number of aromatic nitrogens is 1. The zero-order chi connectivity index (χ0) is 8.65. The first-order valence-corrected chi connectivity index (χ1v) is 13.6. The predicted molar refractivity (Wildman–Crippen MR) is 44.2 cm³/mol. The molecule has 62 valence electrons. The van der Waals surface area contributed by atoms with Gasteiger partial charge in [0.2, 0.25) is 0 Å². The van der Waals surface area contributed by atoms with Crippen LogP contribution in [0.2, 0.25) is 14.8 Å². The molecule has 1 heterocycles. The molecule has 3 nitrogen and oxygen atoms in total. The number of hydrogen-bond acceptors (Lipinski definition) is 2. The van der Waals surface area contributed by atoms with Gasteiger partial charge in [0.25, 0.3) is 0 Å². The topological polar surface area (TPSA) is 38.7 Å². The van der Waals surface area contributed by atoms with Crippen LogP contribution in [0.1, 0.15) is 5.89 Å². The molecule has 0 spiro atoms. The zero-order valence-electron chi connectivity index (χ0n) is 7.34. The van der Waals surface area contributed by atoms with E-state index in [4.69, 9.17) is 0 Å². The maximum absolute atomic E-state index is 10.9. The summed E-state index contributed by atoms with van der Waals surface area (Å²) in [4.78, 5) is 10.9. The van der Waals surface area contributed by atoms with Gasteiger partial charge in [0.15, 0.2) is 0 Å². The number of hydrogen-bond donors (Lipinski definition) is 0. The molecule has 0 radical (unpaired) electrons. The Morgan fingerprint density at radius 3 is 2.18 bits per heavy atom. The van der Waals surface area contributed by atoms with E-state index in [2.05, 4.69) is 19.8 Å². The molecule has 1 aromatic rings. The molecule has 0 bridgehead atoms. The molecule has 1 rings (SSSR count). The van der Waals surface area contributed by atoms with Gasteiger partial charge in [-0.3, -0.25) is 0 Å². The third-order valence-corrected chi connectivity index (χ3v) is 6.60. The SMILES string of the molecule is Cc1n[c]([Sn]([CH3])([CH3])[CH3])c[o+]1[O-]. The fourth-order valence-corrected chi connectivity index (χ4v) is 3.49. The Balaban J connectivity index is 3.08. The van der Waals surface area contributed by atoms with E-state index in [1.165, 1.54) is 0 Å². The van der Waals surface area contributed by atoms with E-state index in [9.17, 15) is 5.26 Å². The number of rotatable bonds is 1. The Morgan fingerprint density at radius 2 is 2.00 bits per heavy atom. The minimum atomic E-state index is -2.09. The van der Waals surface area contributed by atoms with Gasteiger partial charge in [0.05, 0.1) is 0 Å². The number of nitrogens with zero attached hydrogens (tertiary/aromatic N) is 1. The zero-order valence-corrected chi connectivity index (χ0v) is 10.2. The molecule has 11 heavy (non-hydrogen) atoms. The second-order valence-electron chi connectivity index (χ2n) is 3.68. The van der Waals surface area contributed by atoms with Crippen LogP contribution in [0, 0.1) is 6.92 Å². The maximum atomic E-state index is 10.9. The van der Waals surface area contributed by atoms with Crippen LogP contribution in [0.5, 0.6) is 0 Å². The van der Waals surface area contributed by atoms with Crippen LogP contribution >= 0.6 is 0 Å². The van der Waals surface area contributed by atoms with Gasteiger partial charge < -0.3 is 0 Å². The van der Waals surface area contributed by atoms with Crippen molar-refractivity contribution in [3.8, 4) is 0 Å². The molecule has 0 atom stereocenters. The average molecular weight is 262 g/mol. The van der Waals surface area contributed by atoms with Crippen LogP contribution in [-0.4, -0.2) is 23.4 Å². The molecule has 0 unspecified atom stereocenters. The van der Waals surface area contributed by atoms with Crippen molar-refractivity contribution in [3.63, 3.8) is 0 Å². The van der Waals surface area contributed by atoms with Crippen LogP contribution in [0.3, 0.4) is 0 Å². The van der Waals surface area contributed by atoms with E-state index in [0.717, 1.165) is 3.71 Å². The molecule has 1 aromatic heterocycles. The second-order valence-corrected chi connectivity index (χ2v) is 18.0. The van der Waals surface area contributed by atoms with Crippen molar-refractivity contribution in [3.05, 3.63) is 12.2 Å². The van der Waals surface area contributed by atoms with Gasteiger partial charge in [-0.2, -0.15) is 0 Å². The van der Waals surface area contributed by atoms with E-state index in [0.29, 0.717) is 5.89 Å². The van der Waals surface area contributed by atoms with Crippen molar-refractivity contribution in [2.24, 2.45) is 0 Å². The van der Waals surface area contributed by atoms with E-state index in [1.54, 1.807) is 17.4 Å². The number of aryl methyl sites for hydroxylation is 1. The van der Waals surface area contributed by atoms with Crippen LogP contribution in [0.4, 0.5) is 0 Å². The monoisotopic (exact) mass is 263 g/mol. The van der Waals surface area contributed by atoms with Gasteiger partial charge in [-0.1, -0.05) is 0 Å². The van der Waals surface area contributed by atoms with Crippen molar-refractivity contribution >= 4 is 22.1 Å². The molecule has 0 amide bonds.